The molecule has 0 spiro atoms. The number of ether oxygens (including phenoxy) is 1. The summed E-state index contributed by atoms with van der Waals surface area (Å²) in [4.78, 5) is 47.6. The van der Waals surface area contributed by atoms with Gasteiger partial charge in [0.15, 0.2) is 10.9 Å². The van der Waals surface area contributed by atoms with Crippen molar-refractivity contribution in [2.75, 3.05) is 24.5 Å². The zero-order valence-corrected chi connectivity index (χ0v) is 20.1. The Morgan fingerprint density at radius 1 is 1.31 bits per heavy atom. The van der Waals surface area contributed by atoms with Gasteiger partial charge in [-0.3, -0.25) is 4.79 Å². The van der Waals surface area contributed by atoms with Gasteiger partial charge in [-0.1, -0.05) is 6.92 Å². The van der Waals surface area contributed by atoms with Crippen molar-refractivity contribution >= 4 is 34.3 Å². The highest BCUT2D eigenvalue weighted by molar-refractivity contribution is 7.14. The second-order valence-corrected chi connectivity index (χ2v) is 9.71. The molecule has 0 bridgehead atoms. The Balaban J connectivity index is 1.86. The zero-order chi connectivity index (χ0) is 23.8. The third-order valence-electron chi connectivity index (χ3n) is 5.31. The minimum atomic E-state index is -1.03. The Labute approximate surface area is 191 Å². The number of thiazole rings is 1. The van der Waals surface area contributed by atoms with E-state index in [2.05, 4.69) is 4.98 Å². The maximum Gasteiger partial charge on any atom is 0.410 e. The molecule has 1 aliphatic heterocycles. The molecule has 174 valence electrons. The summed E-state index contributed by atoms with van der Waals surface area (Å²) in [6, 6.07) is -0.931. The molecule has 32 heavy (non-hydrogen) atoms. The maximum absolute atomic E-state index is 12.4. The highest BCUT2D eigenvalue weighted by Crippen LogP contribution is 2.34. The van der Waals surface area contributed by atoms with E-state index in [-0.39, 0.29) is 12.3 Å². The van der Waals surface area contributed by atoms with Crippen LogP contribution in [0.2, 0.25) is 0 Å². The van der Waals surface area contributed by atoms with Crippen LogP contribution in [-0.4, -0.2) is 69.1 Å². The van der Waals surface area contributed by atoms with Gasteiger partial charge in [-0.05, 0) is 46.6 Å². The third-order valence-corrected chi connectivity index (χ3v) is 6.19. The molecular weight excluding hydrogens is 432 g/mol. The van der Waals surface area contributed by atoms with Gasteiger partial charge in [0.1, 0.15) is 17.3 Å². The summed E-state index contributed by atoms with van der Waals surface area (Å²) >= 11 is 1.35. The number of nitrogens with one attached hydrogen (secondary N) is 1. The fourth-order valence-corrected chi connectivity index (χ4v) is 4.84. The van der Waals surface area contributed by atoms with Gasteiger partial charge in [0, 0.05) is 29.7 Å². The Kier molecular flexibility index (Phi) is 6.64. The highest BCUT2D eigenvalue weighted by atomic mass is 32.1. The van der Waals surface area contributed by atoms with Crippen LogP contribution in [0.15, 0.2) is 5.38 Å². The summed E-state index contributed by atoms with van der Waals surface area (Å²) in [7, 11) is 0. The van der Waals surface area contributed by atoms with Gasteiger partial charge in [-0.2, -0.15) is 0 Å². The number of carbonyl (C=O) groups is 3. The fourth-order valence-electron chi connectivity index (χ4n) is 3.95. The molecule has 0 saturated carbocycles. The Morgan fingerprint density at radius 3 is 2.56 bits per heavy atom. The van der Waals surface area contributed by atoms with Gasteiger partial charge < -0.3 is 24.6 Å². The summed E-state index contributed by atoms with van der Waals surface area (Å²) in [6.07, 6.45) is 0.155. The molecule has 3 rings (SSSR count). The Bertz CT molecular complexity index is 1040. The minimum Gasteiger partial charge on any atom is -0.480 e. The molecule has 1 atom stereocenters. The van der Waals surface area contributed by atoms with E-state index in [0.29, 0.717) is 35.9 Å². The standard InChI is InChI=1S/C22H30N4O5S/c1-7-14-17(13(3)27)12(2)23-18(14)15-11-32-20(24-15)26-9-8-25(10-16(26)19(28)29)21(30)31-22(4,5)6/h11,16,23H,7-10H2,1-6H3,(H,28,29). The third kappa shape index (κ3) is 4.79. The van der Waals surface area contributed by atoms with Crippen molar-refractivity contribution in [3.8, 4) is 11.4 Å². The largest absolute Gasteiger partial charge is 0.480 e. The van der Waals surface area contributed by atoms with Crippen molar-refractivity contribution in [1.29, 1.82) is 0 Å². The number of Topliss-reactive ketones (excluding diaryl/α,β-unsaturated/α-hetero) is 1. The summed E-state index contributed by atoms with van der Waals surface area (Å²) in [6.45, 7) is 11.4. The predicted molar refractivity (Wildman–Crippen MR) is 123 cm³/mol. The molecule has 1 fully saturated rings. The fraction of sp³-hybridized carbons (Fsp3) is 0.545. The summed E-state index contributed by atoms with van der Waals surface area (Å²) in [5.74, 6) is -1.03. The SMILES string of the molecule is CCc1c(-c2csc(N3CCN(C(=O)OC(C)(C)C)CC3C(=O)O)n2)[nH]c(C)c1C(C)=O. The summed E-state index contributed by atoms with van der Waals surface area (Å²) in [5, 5.41) is 12.3. The smallest absolute Gasteiger partial charge is 0.410 e. The van der Waals surface area contributed by atoms with E-state index in [4.69, 9.17) is 9.72 Å². The monoisotopic (exact) mass is 462 g/mol. The molecule has 9 nitrogen and oxygen atoms in total. The van der Waals surface area contributed by atoms with Gasteiger partial charge >= 0.3 is 12.1 Å². The zero-order valence-electron chi connectivity index (χ0n) is 19.3. The molecule has 0 radical (unpaired) electrons. The van der Waals surface area contributed by atoms with E-state index in [0.717, 1.165) is 17.0 Å². The number of rotatable bonds is 5. The molecule has 2 aromatic heterocycles. The second kappa shape index (κ2) is 8.93. The summed E-state index contributed by atoms with van der Waals surface area (Å²) < 4.78 is 5.40. The van der Waals surface area contributed by atoms with E-state index in [9.17, 15) is 19.5 Å². The van der Waals surface area contributed by atoms with Gasteiger partial charge in [0.2, 0.25) is 0 Å². The van der Waals surface area contributed by atoms with Gasteiger partial charge in [0.25, 0.3) is 0 Å². The number of ketones is 1. The van der Waals surface area contributed by atoms with Crippen LogP contribution in [0, 0.1) is 6.92 Å². The molecule has 0 aromatic carbocycles. The number of aliphatic carboxylic acids is 1. The van der Waals surface area contributed by atoms with E-state index in [1.165, 1.54) is 16.2 Å². The number of H-pyrrole nitrogens is 1. The van der Waals surface area contributed by atoms with Crippen molar-refractivity contribution < 1.29 is 24.2 Å². The second-order valence-electron chi connectivity index (χ2n) is 8.88. The first-order valence-electron chi connectivity index (χ1n) is 10.6. The first-order valence-corrected chi connectivity index (χ1v) is 11.5. The molecule has 3 heterocycles. The number of hydrogen-bond acceptors (Lipinski definition) is 7. The van der Waals surface area contributed by atoms with Crippen molar-refractivity contribution in [3.63, 3.8) is 0 Å². The lowest BCUT2D eigenvalue weighted by Crippen LogP contribution is -2.58. The first kappa shape index (κ1) is 23.8. The van der Waals surface area contributed by atoms with Crippen molar-refractivity contribution in [2.45, 2.75) is 59.6 Å². The molecule has 1 saturated heterocycles. The number of aromatic nitrogens is 2. The number of carboxylic acids is 1. The normalized spacial score (nSPS) is 16.9. The van der Waals surface area contributed by atoms with Crippen molar-refractivity contribution in [1.82, 2.24) is 14.9 Å². The van der Waals surface area contributed by atoms with Crippen LogP contribution in [0.4, 0.5) is 9.93 Å². The highest BCUT2D eigenvalue weighted by Gasteiger charge is 2.37. The lowest BCUT2D eigenvalue weighted by Gasteiger charge is -2.39. The van der Waals surface area contributed by atoms with Crippen LogP contribution in [0.25, 0.3) is 11.4 Å². The van der Waals surface area contributed by atoms with Gasteiger partial charge in [-0.25, -0.2) is 14.6 Å². The quantitative estimate of drug-likeness (QED) is 0.651. The number of carboxylic acid groups (broad SMARTS) is 1. The van der Waals surface area contributed by atoms with Crippen LogP contribution in [0.5, 0.6) is 0 Å². The van der Waals surface area contributed by atoms with Crippen LogP contribution in [0.3, 0.4) is 0 Å². The molecule has 0 aliphatic carbocycles. The number of aryl methyl sites for hydroxylation is 1. The minimum absolute atomic E-state index is 0.00140. The molecule has 1 aliphatic rings. The average Bonchev–Trinajstić information content (AvgIpc) is 3.30. The average molecular weight is 463 g/mol. The molecule has 1 unspecified atom stereocenters. The maximum atomic E-state index is 12.4. The molecule has 10 heteroatoms. The van der Waals surface area contributed by atoms with Crippen LogP contribution in [-0.2, 0) is 16.0 Å². The van der Waals surface area contributed by atoms with Crippen molar-refractivity contribution in [2.24, 2.45) is 0 Å². The van der Waals surface area contributed by atoms with E-state index in [1.807, 2.05) is 19.2 Å². The Hall–Kier alpha value is -2.88. The topological polar surface area (TPSA) is 116 Å². The predicted octanol–water partition coefficient (Wildman–Crippen LogP) is 3.72. The molecule has 2 N–H and O–H groups in total. The van der Waals surface area contributed by atoms with Crippen LogP contribution < -0.4 is 4.90 Å². The number of amides is 1. The number of piperazine rings is 1. The lowest BCUT2D eigenvalue weighted by molar-refractivity contribution is -0.139. The summed E-state index contributed by atoms with van der Waals surface area (Å²) in [5.41, 5.74) is 3.21. The number of anilines is 1. The first-order chi connectivity index (χ1) is 14.9. The van der Waals surface area contributed by atoms with Gasteiger partial charge in [0.05, 0.1) is 12.2 Å². The van der Waals surface area contributed by atoms with Crippen LogP contribution in [0.1, 0.15) is 56.2 Å². The van der Waals surface area contributed by atoms with E-state index < -0.39 is 23.7 Å². The molecule has 1 amide bonds. The van der Waals surface area contributed by atoms with Crippen molar-refractivity contribution in [3.05, 3.63) is 22.2 Å². The lowest BCUT2D eigenvalue weighted by atomic mass is 10.0. The molecular formula is C22H30N4O5S. The number of aromatic amines is 1. The number of carbonyl (C=O) groups excluding carboxylic acids is 2. The number of nitrogens with zero attached hydrogens (tertiary/aromatic N) is 3. The van der Waals surface area contributed by atoms with E-state index in [1.54, 1.807) is 32.6 Å². The van der Waals surface area contributed by atoms with Crippen LogP contribution >= 0.6 is 11.3 Å². The Morgan fingerprint density at radius 2 is 2.00 bits per heavy atom. The molecule has 2 aromatic rings. The number of hydrogen-bond donors (Lipinski definition) is 2. The van der Waals surface area contributed by atoms with E-state index >= 15 is 0 Å². The van der Waals surface area contributed by atoms with Gasteiger partial charge in [-0.15, -0.1) is 11.3 Å².